The van der Waals surface area contributed by atoms with E-state index in [9.17, 15) is 9.18 Å². The highest BCUT2D eigenvalue weighted by Gasteiger charge is 2.13. The first kappa shape index (κ1) is 13.7. The number of halogens is 1. The van der Waals surface area contributed by atoms with Crippen molar-refractivity contribution in [1.82, 2.24) is 9.97 Å². The Morgan fingerprint density at radius 1 is 1.15 bits per heavy atom. The molecule has 0 spiro atoms. The lowest BCUT2D eigenvalue weighted by atomic mass is 10.3. The first-order valence-corrected chi connectivity index (χ1v) is 5.79. The van der Waals surface area contributed by atoms with E-state index >= 15 is 0 Å². The van der Waals surface area contributed by atoms with Crippen LogP contribution in [0, 0.1) is 5.82 Å². The maximum Gasteiger partial charge on any atom is 0.360 e. The minimum absolute atomic E-state index is 0.0111. The fraction of sp³-hybridized carbons (Fsp3) is 0.154. The third-order valence-corrected chi connectivity index (χ3v) is 2.32. The van der Waals surface area contributed by atoms with Gasteiger partial charge in [-0.2, -0.15) is 0 Å². The standard InChI is InChI=1S/C13H12FN3O3/c14-9-1-3-10(4-2-9)19-7-8-20-13(18)11-12(15)17-6-5-16-11/h1-6H,7-8H2,(H2,15,17). The summed E-state index contributed by atoms with van der Waals surface area (Å²) in [7, 11) is 0. The number of carbonyl (C=O) groups excluding carboxylic acids is 1. The van der Waals surface area contributed by atoms with Gasteiger partial charge in [-0.05, 0) is 24.3 Å². The van der Waals surface area contributed by atoms with E-state index in [0.717, 1.165) is 0 Å². The first-order valence-electron chi connectivity index (χ1n) is 5.79. The van der Waals surface area contributed by atoms with E-state index in [2.05, 4.69) is 9.97 Å². The Labute approximate surface area is 114 Å². The van der Waals surface area contributed by atoms with Crippen molar-refractivity contribution in [1.29, 1.82) is 0 Å². The van der Waals surface area contributed by atoms with Gasteiger partial charge in [0.25, 0.3) is 0 Å². The van der Waals surface area contributed by atoms with Crippen molar-refractivity contribution in [3.63, 3.8) is 0 Å². The molecule has 0 amide bonds. The van der Waals surface area contributed by atoms with Crippen LogP contribution in [0.2, 0.25) is 0 Å². The first-order chi connectivity index (χ1) is 9.66. The predicted octanol–water partition coefficient (Wildman–Crippen LogP) is 1.43. The van der Waals surface area contributed by atoms with E-state index < -0.39 is 5.97 Å². The van der Waals surface area contributed by atoms with E-state index in [1.165, 1.54) is 36.7 Å². The zero-order valence-electron chi connectivity index (χ0n) is 10.5. The molecule has 0 aliphatic rings. The van der Waals surface area contributed by atoms with Crippen LogP contribution in [0.5, 0.6) is 5.75 Å². The van der Waals surface area contributed by atoms with Crippen LogP contribution in [0.4, 0.5) is 10.2 Å². The highest BCUT2D eigenvalue weighted by molar-refractivity contribution is 5.91. The minimum Gasteiger partial charge on any atom is -0.490 e. The number of aromatic nitrogens is 2. The molecular formula is C13H12FN3O3. The van der Waals surface area contributed by atoms with E-state index in [1.54, 1.807) is 0 Å². The van der Waals surface area contributed by atoms with Crippen molar-refractivity contribution in [2.75, 3.05) is 18.9 Å². The lowest BCUT2D eigenvalue weighted by Gasteiger charge is -2.07. The molecule has 0 atom stereocenters. The quantitative estimate of drug-likeness (QED) is 0.657. The summed E-state index contributed by atoms with van der Waals surface area (Å²) < 4.78 is 22.9. The van der Waals surface area contributed by atoms with E-state index in [1.807, 2.05) is 0 Å². The van der Waals surface area contributed by atoms with Gasteiger partial charge >= 0.3 is 5.97 Å². The van der Waals surface area contributed by atoms with Crippen LogP contribution in [0.25, 0.3) is 0 Å². The van der Waals surface area contributed by atoms with E-state index in [4.69, 9.17) is 15.2 Å². The lowest BCUT2D eigenvalue weighted by Crippen LogP contribution is -2.15. The number of nitrogen functional groups attached to an aromatic ring is 1. The summed E-state index contributed by atoms with van der Waals surface area (Å²) in [4.78, 5) is 19.1. The van der Waals surface area contributed by atoms with Gasteiger partial charge in [0.2, 0.25) is 0 Å². The van der Waals surface area contributed by atoms with Crippen LogP contribution >= 0.6 is 0 Å². The molecule has 1 heterocycles. The highest BCUT2D eigenvalue weighted by atomic mass is 19.1. The van der Waals surface area contributed by atoms with Gasteiger partial charge in [-0.15, -0.1) is 0 Å². The molecule has 2 N–H and O–H groups in total. The molecule has 1 aromatic carbocycles. The summed E-state index contributed by atoms with van der Waals surface area (Å²) in [6.45, 7) is 0.157. The molecule has 0 aliphatic carbocycles. The van der Waals surface area contributed by atoms with Gasteiger partial charge in [-0.3, -0.25) is 0 Å². The number of carbonyl (C=O) groups is 1. The summed E-state index contributed by atoms with van der Waals surface area (Å²) in [6, 6.07) is 5.53. The van der Waals surface area contributed by atoms with E-state index in [-0.39, 0.29) is 30.5 Å². The molecule has 0 bridgehead atoms. The number of hydrogen-bond donors (Lipinski definition) is 1. The van der Waals surface area contributed by atoms with Gasteiger partial charge in [-0.25, -0.2) is 19.2 Å². The molecular weight excluding hydrogens is 265 g/mol. The van der Waals surface area contributed by atoms with Gasteiger partial charge in [0.1, 0.15) is 24.8 Å². The minimum atomic E-state index is -0.668. The normalized spacial score (nSPS) is 10.1. The van der Waals surface area contributed by atoms with Crippen molar-refractivity contribution >= 4 is 11.8 Å². The van der Waals surface area contributed by atoms with Gasteiger partial charge in [0.15, 0.2) is 11.5 Å². The van der Waals surface area contributed by atoms with Gasteiger partial charge in [-0.1, -0.05) is 0 Å². The summed E-state index contributed by atoms with van der Waals surface area (Å²) in [6.07, 6.45) is 2.73. The third kappa shape index (κ3) is 3.64. The molecule has 0 aliphatic heterocycles. The van der Waals surface area contributed by atoms with Crippen LogP contribution < -0.4 is 10.5 Å². The van der Waals surface area contributed by atoms with Crippen molar-refractivity contribution in [2.45, 2.75) is 0 Å². The zero-order valence-corrected chi connectivity index (χ0v) is 10.5. The highest BCUT2D eigenvalue weighted by Crippen LogP contribution is 2.11. The van der Waals surface area contributed by atoms with Crippen molar-refractivity contribution in [2.24, 2.45) is 0 Å². The van der Waals surface area contributed by atoms with Crippen LogP contribution in [-0.4, -0.2) is 29.2 Å². The molecule has 2 aromatic rings. The Morgan fingerprint density at radius 2 is 1.85 bits per heavy atom. The Morgan fingerprint density at radius 3 is 2.55 bits per heavy atom. The average molecular weight is 277 g/mol. The summed E-state index contributed by atoms with van der Waals surface area (Å²) in [5.41, 5.74) is 5.46. The second-order valence-corrected chi connectivity index (χ2v) is 3.73. The topological polar surface area (TPSA) is 87.3 Å². The molecule has 20 heavy (non-hydrogen) atoms. The van der Waals surface area contributed by atoms with E-state index in [0.29, 0.717) is 5.75 Å². The van der Waals surface area contributed by atoms with Crippen molar-refractivity contribution in [3.05, 3.63) is 48.2 Å². The van der Waals surface area contributed by atoms with Gasteiger partial charge < -0.3 is 15.2 Å². The molecule has 2 rings (SSSR count). The molecule has 0 fully saturated rings. The monoisotopic (exact) mass is 277 g/mol. The maximum absolute atomic E-state index is 12.7. The number of rotatable bonds is 5. The largest absolute Gasteiger partial charge is 0.490 e. The molecule has 6 nitrogen and oxygen atoms in total. The van der Waals surface area contributed by atoms with Gasteiger partial charge in [0, 0.05) is 12.4 Å². The lowest BCUT2D eigenvalue weighted by molar-refractivity contribution is 0.0444. The smallest absolute Gasteiger partial charge is 0.360 e. The van der Waals surface area contributed by atoms with Crippen molar-refractivity contribution < 1.29 is 18.7 Å². The Hall–Kier alpha value is -2.70. The Bertz CT molecular complexity index is 590. The van der Waals surface area contributed by atoms with Crippen LogP contribution in [-0.2, 0) is 4.74 Å². The molecule has 1 aromatic heterocycles. The second kappa shape index (κ2) is 6.46. The number of anilines is 1. The zero-order chi connectivity index (χ0) is 14.4. The number of nitrogens with zero attached hydrogens (tertiary/aromatic N) is 2. The number of nitrogens with two attached hydrogens (primary N) is 1. The van der Waals surface area contributed by atoms with Crippen molar-refractivity contribution in [3.8, 4) is 5.75 Å². The molecule has 104 valence electrons. The Kier molecular flexibility index (Phi) is 4.43. The molecule has 0 unspecified atom stereocenters. The Balaban J connectivity index is 1.77. The number of ether oxygens (including phenoxy) is 2. The molecule has 0 radical (unpaired) electrons. The van der Waals surface area contributed by atoms with Crippen LogP contribution in [0.15, 0.2) is 36.7 Å². The number of hydrogen-bond acceptors (Lipinski definition) is 6. The number of esters is 1. The number of benzene rings is 1. The average Bonchev–Trinajstić information content (AvgIpc) is 2.46. The fourth-order valence-corrected chi connectivity index (χ4v) is 1.40. The van der Waals surface area contributed by atoms with Gasteiger partial charge in [0.05, 0.1) is 0 Å². The summed E-state index contributed by atoms with van der Waals surface area (Å²) >= 11 is 0. The SMILES string of the molecule is Nc1nccnc1C(=O)OCCOc1ccc(F)cc1. The molecule has 7 heteroatoms. The van der Waals surface area contributed by atoms with Crippen LogP contribution in [0.1, 0.15) is 10.5 Å². The molecule has 0 saturated carbocycles. The molecule has 0 saturated heterocycles. The fourth-order valence-electron chi connectivity index (χ4n) is 1.40. The van der Waals surface area contributed by atoms with Crippen LogP contribution in [0.3, 0.4) is 0 Å². The third-order valence-electron chi connectivity index (χ3n) is 2.32. The predicted molar refractivity (Wildman–Crippen MR) is 68.6 cm³/mol. The maximum atomic E-state index is 12.7. The second-order valence-electron chi connectivity index (χ2n) is 3.73. The summed E-state index contributed by atoms with van der Waals surface area (Å²) in [5.74, 6) is -0.515. The summed E-state index contributed by atoms with van der Waals surface area (Å²) in [5, 5.41) is 0.